The number of likely N-dealkylation sites (tertiary alicyclic amines) is 1. The van der Waals surface area contributed by atoms with E-state index in [4.69, 9.17) is 27.9 Å². The highest BCUT2D eigenvalue weighted by Gasteiger charge is 2.37. The van der Waals surface area contributed by atoms with Crippen LogP contribution in [0.1, 0.15) is 38.3 Å². The molecule has 124 valence electrons. The lowest BCUT2D eigenvalue weighted by molar-refractivity contribution is -0.0648. The van der Waals surface area contributed by atoms with Gasteiger partial charge in [0.25, 0.3) is 0 Å². The van der Waals surface area contributed by atoms with Crippen LogP contribution in [0.4, 0.5) is 0 Å². The van der Waals surface area contributed by atoms with Crippen molar-refractivity contribution >= 4 is 23.2 Å². The van der Waals surface area contributed by atoms with Crippen molar-refractivity contribution in [1.29, 1.82) is 0 Å². The molecule has 1 fully saturated rings. The number of ether oxygens (including phenoxy) is 1. The van der Waals surface area contributed by atoms with Crippen LogP contribution < -0.4 is 0 Å². The highest BCUT2D eigenvalue weighted by atomic mass is 35.5. The predicted octanol–water partition coefficient (Wildman–Crippen LogP) is 4.16. The van der Waals surface area contributed by atoms with Crippen molar-refractivity contribution in [3.8, 4) is 0 Å². The van der Waals surface area contributed by atoms with Crippen molar-refractivity contribution in [2.24, 2.45) is 5.92 Å². The van der Waals surface area contributed by atoms with E-state index in [1.54, 1.807) is 13.2 Å². The standard InChI is InChI=1S/C17H25Cl2NO2/c1-17(2,22-3)16(13-8-14(18)10-15(19)9-13)20-6-4-12(11-21)5-7-20/h8-10,12,16,21H,4-7,11H2,1-3H3. The van der Waals surface area contributed by atoms with E-state index >= 15 is 0 Å². The molecule has 2 rings (SSSR count). The number of hydrogen-bond donors (Lipinski definition) is 1. The number of hydrogen-bond acceptors (Lipinski definition) is 3. The van der Waals surface area contributed by atoms with E-state index in [9.17, 15) is 5.11 Å². The van der Waals surface area contributed by atoms with Gasteiger partial charge in [-0.1, -0.05) is 23.2 Å². The van der Waals surface area contributed by atoms with Gasteiger partial charge in [0.2, 0.25) is 0 Å². The molecule has 1 aromatic rings. The molecule has 5 heteroatoms. The monoisotopic (exact) mass is 345 g/mol. The highest BCUT2D eigenvalue weighted by molar-refractivity contribution is 6.34. The van der Waals surface area contributed by atoms with Crippen molar-refractivity contribution < 1.29 is 9.84 Å². The maximum atomic E-state index is 9.33. The van der Waals surface area contributed by atoms with E-state index < -0.39 is 0 Å². The van der Waals surface area contributed by atoms with Gasteiger partial charge in [0.05, 0.1) is 11.6 Å². The molecule has 1 N–H and O–H groups in total. The fraction of sp³-hybridized carbons (Fsp3) is 0.647. The molecule has 0 aromatic heterocycles. The lowest BCUT2D eigenvalue weighted by Gasteiger charge is -2.44. The van der Waals surface area contributed by atoms with Gasteiger partial charge in [-0.25, -0.2) is 0 Å². The van der Waals surface area contributed by atoms with Gasteiger partial charge in [0, 0.05) is 23.8 Å². The average Bonchev–Trinajstić information content (AvgIpc) is 2.47. The van der Waals surface area contributed by atoms with Gasteiger partial charge < -0.3 is 9.84 Å². The average molecular weight is 346 g/mol. The van der Waals surface area contributed by atoms with E-state index in [2.05, 4.69) is 18.7 Å². The van der Waals surface area contributed by atoms with Gasteiger partial charge in [-0.15, -0.1) is 0 Å². The zero-order valence-electron chi connectivity index (χ0n) is 13.5. The van der Waals surface area contributed by atoms with E-state index in [1.807, 2.05) is 12.1 Å². The van der Waals surface area contributed by atoms with E-state index in [0.29, 0.717) is 16.0 Å². The second-order valence-electron chi connectivity index (χ2n) is 6.57. The van der Waals surface area contributed by atoms with Crippen molar-refractivity contribution in [2.75, 3.05) is 26.8 Å². The van der Waals surface area contributed by atoms with E-state index in [1.165, 1.54) is 0 Å². The normalized spacial score (nSPS) is 19.4. The molecule has 1 heterocycles. The van der Waals surface area contributed by atoms with Crippen LogP contribution in [0.3, 0.4) is 0 Å². The third kappa shape index (κ3) is 4.15. The Morgan fingerprint density at radius 3 is 2.23 bits per heavy atom. The molecule has 1 atom stereocenters. The van der Waals surface area contributed by atoms with Crippen molar-refractivity contribution in [1.82, 2.24) is 4.90 Å². The lowest BCUT2D eigenvalue weighted by atomic mass is 9.87. The first kappa shape index (κ1) is 18.0. The van der Waals surface area contributed by atoms with Gasteiger partial charge in [0.1, 0.15) is 0 Å². The third-order valence-electron chi connectivity index (χ3n) is 4.66. The van der Waals surface area contributed by atoms with Gasteiger partial charge in [0.15, 0.2) is 0 Å². The lowest BCUT2D eigenvalue weighted by Crippen LogP contribution is -2.47. The minimum atomic E-state index is -0.361. The molecule has 0 amide bonds. The maximum Gasteiger partial charge on any atom is 0.0818 e. The minimum Gasteiger partial charge on any atom is -0.396 e. The fourth-order valence-electron chi connectivity index (χ4n) is 3.29. The Bertz CT molecular complexity index is 479. The number of nitrogens with zero attached hydrogens (tertiary/aromatic N) is 1. The highest BCUT2D eigenvalue weighted by Crippen LogP contribution is 2.38. The summed E-state index contributed by atoms with van der Waals surface area (Å²) in [5.41, 5.74) is 0.715. The Hall–Kier alpha value is -0.320. The van der Waals surface area contributed by atoms with Gasteiger partial charge in [-0.05, 0) is 69.5 Å². The summed E-state index contributed by atoms with van der Waals surface area (Å²) in [6.45, 7) is 6.32. The molecule has 1 aliphatic heterocycles. The number of methoxy groups -OCH3 is 1. The third-order valence-corrected chi connectivity index (χ3v) is 5.09. The molecule has 0 saturated carbocycles. The molecule has 1 unspecified atom stereocenters. The summed E-state index contributed by atoms with van der Waals surface area (Å²) in [6.07, 6.45) is 2.00. The molecule has 0 radical (unpaired) electrons. The predicted molar refractivity (Wildman–Crippen MR) is 91.7 cm³/mol. The zero-order valence-corrected chi connectivity index (χ0v) is 15.0. The second kappa shape index (κ2) is 7.50. The molecule has 1 aliphatic rings. The fourth-order valence-corrected chi connectivity index (χ4v) is 3.83. The van der Waals surface area contributed by atoms with Crippen LogP contribution in [0.2, 0.25) is 10.0 Å². The first-order valence-electron chi connectivity index (χ1n) is 7.73. The zero-order chi connectivity index (χ0) is 16.3. The molecule has 0 bridgehead atoms. The van der Waals surface area contributed by atoms with Crippen LogP contribution in [0.25, 0.3) is 0 Å². The number of aliphatic hydroxyl groups excluding tert-OH is 1. The van der Waals surface area contributed by atoms with Gasteiger partial charge >= 0.3 is 0 Å². The largest absolute Gasteiger partial charge is 0.396 e. The second-order valence-corrected chi connectivity index (χ2v) is 7.45. The SMILES string of the molecule is COC(C)(C)C(c1cc(Cl)cc(Cl)c1)N1CCC(CO)CC1. The van der Waals surface area contributed by atoms with E-state index in [-0.39, 0.29) is 18.2 Å². The number of aliphatic hydroxyl groups is 1. The smallest absolute Gasteiger partial charge is 0.0818 e. The Labute approximate surface area is 143 Å². The van der Waals surface area contributed by atoms with Crippen molar-refractivity contribution in [2.45, 2.75) is 38.3 Å². The van der Waals surface area contributed by atoms with Crippen molar-refractivity contribution in [3.05, 3.63) is 33.8 Å². The number of benzene rings is 1. The Kier molecular flexibility index (Phi) is 6.14. The van der Waals surface area contributed by atoms with Crippen molar-refractivity contribution in [3.63, 3.8) is 0 Å². The Balaban J connectivity index is 2.31. The Morgan fingerprint density at radius 2 is 1.77 bits per heavy atom. The molecule has 1 saturated heterocycles. The summed E-state index contributed by atoms with van der Waals surface area (Å²) in [6, 6.07) is 5.77. The number of halogens is 2. The van der Waals surface area contributed by atoms with Crippen LogP contribution in [0, 0.1) is 5.92 Å². The molecular formula is C17H25Cl2NO2. The quantitative estimate of drug-likeness (QED) is 0.869. The summed E-state index contributed by atoms with van der Waals surface area (Å²) < 4.78 is 5.76. The number of rotatable bonds is 5. The summed E-state index contributed by atoms with van der Waals surface area (Å²) in [5.74, 6) is 0.408. The van der Waals surface area contributed by atoms with Crippen LogP contribution in [0.5, 0.6) is 0 Å². The van der Waals surface area contributed by atoms with Crippen LogP contribution in [-0.2, 0) is 4.74 Å². The molecular weight excluding hydrogens is 321 g/mol. The summed E-state index contributed by atoms with van der Waals surface area (Å²) in [7, 11) is 1.74. The Morgan fingerprint density at radius 1 is 1.23 bits per heavy atom. The topological polar surface area (TPSA) is 32.7 Å². The molecule has 1 aromatic carbocycles. The first-order chi connectivity index (χ1) is 10.4. The summed E-state index contributed by atoms with van der Waals surface area (Å²) in [5, 5.41) is 10.6. The molecule has 0 spiro atoms. The van der Waals surface area contributed by atoms with Crippen LogP contribution in [-0.4, -0.2) is 42.4 Å². The van der Waals surface area contributed by atoms with Crippen LogP contribution >= 0.6 is 23.2 Å². The molecule has 0 aliphatic carbocycles. The van der Waals surface area contributed by atoms with E-state index in [0.717, 1.165) is 31.5 Å². The summed E-state index contributed by atoms with van der Waals surface area (Å²) >= 11 is 12.4. The minimum absolute atomic E-state index is 0.0772. The molecule has 22 heavy (non-hydrogen) atoms. The first-order valence-corrected chi connectivity index (χ1v) is 8.49. The number of piperidine rings is 1. The maximum absolute atomic E-state index is 9.33. The van der Waals surface area contributed by atoms with Gasteiger partial charge in [-0.3, -0.25) is 4.90 Å². The molecule has 3 nitrogen and oxygen atoms in total. The van der Waals surface area contributed by atoms with Crippen LogP contribution in [0.15, 0.2) is 18.2 Å². The summed E-state index contributed by atoms with van der Waals surface area (Å²) in [4.78, 5) is 2.41. The van der Waals surface area contributed by atoms with Gasteiger partial charge in [-0.2, -0.15) is 0 Å².